The normalized spacial score (nSPS) is 23.4. The second kappa shape index (κ2) is 5.82. The summed E-state index contributed by atoms with van der Waals surface area (Å²) in [6, 6.07) is 7.43. The molecule has 1 aliphatic carbocycles. The molecule has 1 unspecified atom stereocenters. The molecular formula is C17H20FN3O. The number of benzene rings is 1. The molecule has 4 rings (SSSR count). The van der Waals surface area contributed by atoms with E-state index in [2.05, 4.69) is 14.9 Å². The fourth-order valence-electron chi connectivity index (χ4n) is 3.32. The van der Waals surface area contributed by atoms with Crippen LogP contribution in [0.15, 0.2) is 30.5 Å². The Morgan fingerprint density at radius 2 is 2.23 bits per heavy atom. The summed E-state index contributed by atoms with van der Waals surface area (Å²) in [5.41, 5.74) is 1.68. The van der Waals surface area contributed by atoms with Gasteiger partial charge < -0.3 is 9.72 Å². The van der Waals surface area contributed by atoms with Crippen molar-refractivity contribution >= 4 is 0 Å². The molecule has 1 saturated heterocycles. The number of hydrogen-bond donors (Lipinski definition) is 1. The molecule has 2 aromatic rings. The van der Waals surface area contributed by atoms with Crippen molar-refractivity contribution in [3.05, 3.63) is 42.1 Å². The van der Waals surface area contributed by atoms with Crippen LogP contribution in [0.1, 0.15) is 31.1 Å². The van der Waals surface area contributed by atoms with Crippen LogP contribution in [-0.2, 0) is 4.74 Å². The van der Waals surface area contributed by atoms with Crippen molar-refractivity contribution in [2.45, 2.75) is 31.3 Å². The molecule has 2 aliphatic rings. The molecule has 1 aromatic carbocycles. The number of nitrogens with zero attached hydrogens (tertiary/aromatic N) is 2. The summed E-state index contributed by atoms with van der Waals surface area (Å²) in [5.74, 6) is 0.691. The number of rotatable bonds is 3. The largest absolute Gasteiger partial charge is 0.378 e. The molecule has 4 nitrogen and oxygen atoms in total. The number of hydrogen-bond acceptors (Lipinski definition) is 3. The van der Waals surface area contributed by atoms with Crippen LogP contribution in [-0.4, -0.2) is 40.7 Å². The van der Waals surface area contributed by atoms with Crippen LogP contribution < -0.4 is 0 Å². The molecule has 5 heteroatoms. The van der Waals surface area contributed by atoms with Crippen molar-refractivity contribution in [3.8, 4) is 11.3 Å². The van der Waals surface area contributed by atoms with Gasteiger partial charge in [0.05, 0.1) is 31.1 Å². The Morgan fingerprint density at radius 3 is 3.00 bits per heavy atom. The zero-order valence-corrected chi connectivity index (χ0v) is 12.5. The third kappa shape index (κ3) is 2.55. The van der Waals surface area contributed by atoms with E-state index in [9.17, 15) is 4.39 Å². The topological polar surface area (TPSA) is 41.1 Å². The smallest absolute Gasteiger partial charge is 0.126 e. The van der Waals surface area contributed by atoms with Crippen molar-refractivity contribution in [2.75, 3.05) is 19.8 Å². The third-order valence-corrected chi connectivity index (χ3v) is 4.76. The van der Waals surface area contributed by atoms with Gasteiger partial charge in [-0.25, -0.2) is 9.37 Å². The van der Waals surface area contributed by atoms with Gasteiger partial charge in [0.25, 0.3) is 0 Å². The lowest BCUT2D eigenvalue weighted by atomic mass is 9.90. The Morgan fingerprint density at radius 1 is 1.32 bits per heavy atom. The molecule has 22 heavy (non-hydrogen) atoms. The van der Waals surface area contributed by atoms with Crippen LogP contribution in [0.3, 0.4) is 0 Å². The van der Waals surface area contributed by atoms with E-state index < -0.39 is 0 Å². The minimum atomic E-state index is -0.231. The van der Waals surface area contributed by atoms with E-state index >= 15 is 0 Å². The second-order valence-electron chi connectivity index (χ2n) is 6.11. The van der Waals surface area contributed by atoms with E-state index in [-0.39, 0.29) is 11.9 Å². The Balaban J connectivity index is 1.59. The maximum atomic E-state index is 13.4. The summed E-state index contributed by atoms with van der Waals surface area (Å²) in [4.78, 5) is 10.4. The van der Waals surface area contributed by atoms with Crippen molar-refractivity contribution in [1.29, 1.82) is 0 Å². The zero-order chi connectivity index (χ0) is 14.9. The lowest BCUT2D eigenvalue weighted by Gasteiger charge is -2.44. The standard InChI is InChI=1S/C17H20FN3O/c18-13-4-1-3-12(9-13)15-10-19-17(20-15)16-11-22-8-7-21(16)14-5-2-6-14/h1,3-4,9-10,14,16H,2,5-8,11H2,(H,19,20). The maximum absolute atomic E-state index is 13.4. The summed E-state index contributed by atoms with van der Waals surface area (Å²) >= 11 is 0. The maximum Gasteiger partial charge on any atom is 0.126 e. The van der Waals surface area contributed by atoms with Crippen molar-refractivity contribution in [3.63, 3.8) is 0 Å². The van der Waals surface area contributed by atoms with Crippen LogP contribution in [0.25, 0.3) is 11.3 Å². The van der Waals surface area contributed by atoms with Gasteiger partial charge in [-0.15, -0.1) is 0 Å². The molecular weight excluding hydrogens is 281 g/mol. The number of ether oxygens (including phenoxy) is 1. The minimum absolute atomic E-state index is 0.182. The third-order valence-electron chi connectivity index (χ3n) is 4.76. The van der Waals surface area contributed by atoms with Gasteiger partial charge in [-0.2, -0.15) is 0 Å². The molecule has 0 spiro atoms. The number of aromatic amines is 1. The number of imidazole rings is 1. The summed E-state index contributed by atoms with van der Waals surface area (Å²) in [7, 11) is 0. The van der Waals surface area contributed by atoms with Crippen LogP contribution in [0.4, 0.5) is 4.39 Å². The first-order chi connectivity index (χ1) is 10.8. The molecule has 1 aliphatic heterocycles. The van der Waals surface area contributed by atoms with Crippen molar-refractivity contribution in [2.24, 2.45) is 0 Å². The monoisotopic (exact) mass is 301 g/mol. The van der Waals surface area contributed by atoms with Crippen molar-refractivity contribution in [1.82, 2.24) is 14.9 Å². The molecule has 1 saturated carbocycles. The number of H-pyrrole nitrogens is 1. The highest BCUT2D eigenvalue weighted by atomic mass is 19.1. The zero-order valence-electron chi connectivity index (χ0n) is 12.5. The summed E-state index contributed by atoms with van der Waals surface area (Å²) < 4.78 is 19.0. The first-order valence-electron chi connectivity index (χ1n) is 7.95. The van der Waals surface area contributed by atoms with E-state index in [1.54, 1.807) is 12.3 Å². The highest BCUT2D eigenvalue weighted by Crippen LogP contribution is 2.33. The number of halogens is 1. The van der Waals surface area contributed by atoms with Gasteiger partial charge in [-0.3, -0.25) is 4.90 Å². The molecule has 116 valence electrons. The van der Waals surface area contributed by atoms with Crippen molar-refractivity contribution < 1.29 is 9.13 Å². The van der Waals surface area contributed by atoms with Crippen LogP contribution in [0.2, 0.25) is 0 Å². The first kappa shape index (κ1) is 13.9. The van der Waals surface area contributed by atoms with Crippen LogP contribution in [0.5, 0.6) is 0 Å². The highest BCUT2D eigenvalue weighted by Gasteiger charge is 2.34. The molecule has 1 aromatic heterocycles. The Labute approximate surface area is 129 Å². The van der Waals surface area contributed by atoms with E-state index in [1.165, 1.54) is 31.4 Å². The molecule has 2 heterocycles. The quantitative estimate of drug-likeness (QED) is 0.947. The number of aromatic nitrogens is 2. The minimum Gasteiger partial charge on any atom is -0.378 e. The van der Waals surface area contributed by atoms with E-state index in [0.29, 0.717) is 12.6 Å². The molecule has 0 bridgehead atoms. The summed E-state index contributed by atoms with van der Waals surface area (Å²) in [6.07, 6.45) is 5.65. The van der Waals surface area contributed by atoms with Gasteiger partial charge in [0.1, 0.15) is 11.6 Å². The Kier molecular flexibility index (Phi) is 3.68. The Bertz CT molecular complexity index is 653. The van der Waals surface area contributed by atoms with E-state index in [1.807, 2.05) is 6.07 Å². The van der Waals surface area contributed by atoms with Gasteiger partial charge in [-0.1, -0.05) is 18.6 Å². The average Bonchev–Trinajstić information content (AvgIpc) is 2.96. The lowest BCUT2D eigenvalue weighted by Crippen LogP contribution is -2.48. The van der Waals surface area contributed by atoms with Gasteiger partial charge in [-0.05, 0) is 25.0 Å². The fourth-order valence-corrected chi connectivity index (χ4v) is 3.32. The summed E-state index contributed by atoms with van der Waals surface area (Å²) in [5, 5.41) is 0. The molecule has 2 fully saturated rings. The molecule has 0 amide bonds. The van der Waals surface area contributed by atoms with E-state index in [4.69, 9.17) is 4.74 Å². The van der Waals surface area contributed by atoms with Crippen LogP contribution in [0, 0.1) is 5.82 Å². The first-order valence-corrected chi connectivity index (χ1v) is 7.95. The number of nitrogens with one attached hydrogen (secondary N) is 1. The predicted molar refractivity (Wildman–Crippen MR) is 81.9 cm³/mol. The number of morpholine rings is 1. The SMILES string of the molecule is Fc1cccc(-c2cnc(C3COCCN3C3CCC3)[nH]2)c1. The van der Waals surface area contributed by atoms with E-state index in [0.717, 1.165) is 30.2 Å². The average molecular weight is 301 g/mol. The van der Waals surface area contributed by atoms with Gasteiger partial charge in [0.15, 0.2) is 0 Å². The molecule has 0 radical (unpaired) electrons. The van der Waals surface area contributed by atoms with Crippen LogP contribution >= 0.6 is 0 Å². The Hall–Kier alpha value is -1.72. The molecule has 1 N–H and O–H groups in total. The van der Waals surface area contributed by atoms with Gasteiger partial charge in [0, 0.05) is 18.2 Å². The second-order valence-corrected chi connectivity index (χ2v) is 6.11. The lowest BCUT2D eigenvalue weighted by molar-refractivity contribution is -0.0494. The fraction of sp³-hybridized carbons (Fsp3) is 0.471. The highest BCUT2D eigenvalue weighted by molar-refractivity contribution is 5.58. The summed E-state index contributed by atoms with van der Waals surface area (Å²) in [6.45, 7) is 2.43. The van der Waals surface area contributed by atoms with Gasteiger partial charge in [0.2, 0.25) is 0 Å². The molecule has 1 atom stereocenters. The van der Waals surface area contributed by atoms with Gasteiger partial charge >= 0.3 is 0 Å². The predicted octanol–water partition coefficient (Wildman–Crippen LogP) is 3.14.